The number of fused-ring (bicyclic) bond motifs is 8. The highest BCUT2D eigenvalue weighted by molar-refractivity contribution is 6.13. The molecule has 0 bridgehead atoms. The Labute approximate surface area is 168 Å². The van der Waals surface area contributed by atoms with Crippen LogP contribution in [0.1, 0.15) is 33.2 Å². The fourth-order valence-electron chi connectivity index (χ4n) is 4.42. The molecule has 0 spiro atoms. The summed E-state index contributed by atoms with van der Waals surface area (Å²) in [5.41, 5.74) is 5.92. The van der Waals surface area contributed by atoms with Crippen LogP contribution in [0.3, 0.4) is 0 Å². The summed E-state index contributed by atoms with van der Waals surface area (Å²) >= 11 is 0. The number of benzene rings is 3. The molecule has 29 heavy (non-hydrogen) atoms. The Kier molecular flexibility index (Phi) is 3.41. The fourth-order valence-corrected chi connectivity index (χ4v) is 4.42. The predicted molar refractivity (Wildman–Crippen MR) is 112 cm³/mol. The Bertz CT molecular complexity index is 1240. The van der Waals surface area contributed by atoms with Crippen LogP contribution < -0.4 is 9.64 Å². The van der Waals surface area contributed by atoms with E-state index < -0.39 is 0 Å². The first-order valence-electron chi connectivity index (χ1n) is 9.72. The summed E-state index contributed by atoms with van der Waals surface area (Å²) in [4.78, 5) is 15.2. The number of amides is 1. The number of carbonyl (C=O) groups excluding carboxylic acids is 1. The van der Waals surface area contributed by atoms with Crippen molar-refractivity contribution in [2.45, 2.75) is 12.6 Å². The molecule has 3 heterocycles. The number of nitrogens with zero attached hydrogens (tertiary/aromatic N) is 2. The molecule has 2 aliphatic heterocycles. The average molecular weight is 378 g/mol. The number of anilines is 1. The summed E-state index contributed by atoms with van der Waals surface area (Å²) in [6, 6.07) is 28.0. The highest BCUT2D eigenvalue weighted by Gasteiger charge is 2.43. The van der Waals surface area contributed by atoms with Crippen LogP contribution in [0.25, 0.3) is 5.69 Å². The topological polar surface area (TPSA) is 34.5 Å². The molecule has 4 heteroatoms. The van der Waals surface area contributed by atoms with Crippen molar-refractivity contribution in [1.82, 2.24) is 4.57 Å². The summed E-state index contributed by atoms with van der Waals surface area (Å²) in [6.07, 6.45) is 2.06. The summed E-state index contributed by atoms with van der Waals surface area (Å²) in [5.74, 6) is 0.797. The van der Waals surface area contributed by atoms with Crippen molar-refractivity contribution in [2.75, 3.05) is 4.90 Å². The van der Waals surface area contributed by atoms with Gasteiger partial charge in [0.2, 0.25) is 0 Å². The molecule has 4 nitrogen and oxygen atoms in total. The number of hydrogen-bond acceptors (Lipinski definition) is 2. The van der Waals surface area contributed by atoms with Gasteiger partial charge in [-0.2, -0.15) is 0 Å². The molecule has 2 aliphatic rings. The van der Waals surface area contributed by atoms with E-state index in [0.717, 1.165) is 39.5 Å². The molecule has 0 saturated carbocycles. The van der Waals surface area contributed by atoms with Crippen molar-refractivity contribution >= 4 is 11.6 Å². The van der Waals surface area contributed by atoms with Gasteiger partial charge in [-0.25, -0.2) is 0 Å². The Morgan fingerprint density at radius 2 is 1.66 bits per heavy atom. The van der Waals surface area contributed by atoms with Gasteiger partial charge in [0.1, 0.15) is 18.4 Å². The van der Waals surface area contributed by atoms with Crippen LogP contribution in [0.5, 0.6) is 5.75 Å². The number of hydrogen-bond donors (Lipinski definition) is 0. The number of ether oxygens (including phenoxy) is 1. The monoisotopic (exact) mass is 378 g/mol. The second-order valence-corrected chi connectivity index (χ2v) is 7.39. The van der Waals surface area contributed by atoms with Crippen LogP contribution in [-0.4, -0.2) is 10.5 Å². The van der Waals surface area contributed by atoms with Crippen molar-refractivity contribution in [1.29, 1.82) is 0 Å². The summed E-state index contributed by atoms with van der Waals surface area (Å²) in [6.45, 7) is 0.492. The lowest BCUT2D eigenvalue weighted by Gasteiger charge is -2.34. The molecule has 1 aromatic heterocycles. The van der Waals surface area contributed by atoms with E-state index in [1.165, 1.54) is 0 Å². The van der Waals surface area contributed by atoms with Gasteiger partial charge in [0, 0.05) is 17.8 Å². The molecule has 1 atom stereocenters. The lowest BCUT2D eigenvalue weighted by molar-refractivity contribution is 0.0992. The van der Waals surface area contributed by atoms with Crippen molar-refractivity contribution in [2.24, 2.45) is 0 Å². The van der Waals surface area contributed by atoms with Crippen LogP contribution in [0.2, 0.25) is 0 Å². The lowest BCUT2D eigenvalue weighted by atomic mass is 10.0. The van der Waals surface area contributed by atoms with E-state index in [9.17, 15) is 4.79 Å². The van der Waals surface area contributed by atoms with E-state index in [4.69, 9.17) is 4.74 Å². The maximum atomic E-state index is 13.3. The summed E-state index contributed by atoms with van der Waals surface area (Å²) < 4.78 is 8.21. The molecule has 3 aromatic carbocycles. The zero-order chi connectivity index (χ0) is 19.4. The molecule has 0 saturated heterocycles. The van der Waals surface area contributed by atoms with Crippen LogP contribution in [0, 0.1) is 0 Å². The van der Waals surface area contributed by atoms with Crippen molar-refractivity contribution in [3.8, 4) is 11.4 Å². The Balaban J connectivity index is 1.45. The molecule has 1 unspecified atom stereocenters. The third-order valence-corrected chi connectivity index (χ3v) is 5.74. The quantitative estimate of drug-likeness (QED) is 0.496. The van der Waals surface area contributed by atoms with E-state index in [0.29, 0.717) is 6.61 Å². The minimum absolute atomic E-state index is 0.0412. The molecule has 4 aromatic rings. The van der Waals surface area contributed by atoms with E-state index >= 15 is 0 Å². The third-order valence-electron chi connectivity index (χ3n) is 5.74. The first kappa shape index (κ1) is 16.2. The lowest BCUT2D eigenvalue weighted by Crippen LogP contribution is -2.33. The molecule has 6 rings (SSSR count). The number of aromatic nitrogens is 1. The molecule has 1 amide bonds. The Hall–Kier alpha value is -3.79. The van der Waals surface area contributed by atoms with Crippen LogP contribution in [-0.2, 0) is 6.61 Å². The second kappa shape index (κ2) is 6.11. The highest BCUT2D eigenvalue weighted by Crippen LogP contribution is 2.48. The maximum absolute atomic E-state index is 13.3. The molecular formula is C25H18N2O2. The largest absolute Gasteiger partial charge is 0.489 e. The van der Waals surface area contributed by atoms with Gasteiger partial charge >= 0.3 is 0 Å². The zero-order valence-corrected chi connectivity index (χ0v) is 15.7. The van der Waals surface area contributed by atoms with E-state index in [1.807, 2.05) is 77.7 Å². The maximum Gasteiger partial charge on any atom is 0.259 e. The van der Waals surface area contributed by atoms with E-state index in [2.05, 4.69) is 22.9 Å². The molecule has 0 N–H and O–H groups in total. The molecule has 0 fully saturated rings. The first-order valence-corrected chi connectivity index (χ1v) is 9.72. The van der Waals surface area contributed by atoms with Gasteiger partial charge in [0.05, 0.1) is 17.1 Å². The zero-order valence-electron chi connectivity index (χ0n) is 15.7. The van der Waals surface area contributed by atoms with Crippen LogP contribution in [0.15, 0.2) is 91.1 Å². The smallest absolute Gasteiger partial charge is 0.259 e. The van der Waals surface area contributed by atoms with Gasteiger partial charge in [-0.3, -0.25) is 9.69 Å². The molecular weight excluding hydrogens is 360 g/mol. The minimum atomic E-state index is -0.106. The van der Waals surface area contributed by atoms with Gasteiger partial charge in [-0.15, -0.1) is 0 Å². The van der Waals surface area contributed by atoms with Gasteiger partial charge in [0.15, 0.2) is 0 Å². The number of rotatable bonds is 3. The Morgan fingerprint density at radius 3 is 2.55 bits per heavy atom. The normalized spacial score (nSPS) is 16.1. The Morgan fingerprint density at radius 1 is 0.828 bits per heavy atom. The van der Waals surface area contributed by atoms with Gasteiger partial charge in [-0.05, 0) is 41.5 Å². The van der Waals surface area contributed by atoms with Gasteiger partial charge in [0.25, 0.3) is 5.91 Å². The van der Waals surface area contributed by atoms with Crippen LogP contribution in [0.4, 0.5) is 5.69 Å². The predicted octanol–water partition coefficient (Wildman–Crippen LogP) is 5.12. The number of carbonyl (C=O) groups is 1. The van der Waals surface area contributed by atoms with Crippen molar-refractivity contribution in [3.05, 3.63) is 114 Å². The average Bonchev–Trinajstić information content (AvgIpc) is 3.37. The fraction of sp³-hybridized carbons (Fsp3) is 0.0800. The van der Waals surface area contributed by atoms with Gasteiger partial charge < -0.3 is 9.30 Å². The summed E-state index contributed by atoms with van der Waals surface area (Å²) in [7, 11) is 0. The standard InChI is InChI=1S/C25H18N2O2/c28-25-20-10-5-4-9-19(20)24-22-11-6-14-26(22)21-13-12-18(15-23(21)27(24)25)29-16-17-7-2-1-3-8-17/h1-15,24H,16H2. The minimum Gasteiger partial charge on any atom is -0.489 e. The highest BCUT2D eigenvalue weighted by atomic mass is 16.5. The van der Waals surface area contributed by atoms with E-state index in [1.54, 1.807) is 0 Å². The first-order chi connectivity index (χ1) is 14.3. The second-order valence-electron chi connectivity index (χ2n) is 7.39. The summed E-state index contributed by atoms with van der Waals surface area (Å²) in [5, 5.41) is 0. The molecule has 0 aliphatic carbocycles. The molecule has 0 radical (unpaired) electrons. The van der Waals surface area contributed by atoms with Gasteiger partial charge in [-0.1, -0.05) is 48.5 Å². The molecule has 140 valence electrons. The van der Waals surface area contributed by atoms with E-state index in [-0.39, 0.29) is 11.9 Å². The third kappa shape index (κ3) is 2.36. The van der Waals surface area contributed by atoms with Crippen molar-refractivity contribution in [3.63, 3.8) is 0 Å². The van der Waals surface area contributed by atoms with Crippen molar-refractivity contribution < 1.29 is 9.53 Å². The van der Waals surface area contributed by atoms with Crippen LogP contribution >= 0.6 is 0 Å². The SMILES string of the molecule is O=C1c2ccccc2C2c3cccn3-c3ccc(OCc4ccccc4)cc3N12.